The first-order chi connectivity index (χ1) is 8.72. The lowest BCUT2D eigenvalue weighted by molar-refractivity contribution is 0.0609. The van der Waals surface area contributed by atoms with Gasteiger partial charge in [-0.2, -0.15) is 5.26 Å². The lowest BCUT2D eigenvalue weighted by Crippen LogP contribution is -2.51. The summed E-state index contributed by atoms with van der Waals surface area (Å²) in [4.78, 5) is 23.8. The molecule has 1 aliphatic heterocycles. The highest BCUT2D eigenvalue weighted by Crippen LogP contribution is 2.08. The molecule has 6 nitrogen and oxygen atoms in total. The zero-order valence-electron chi connectivity index (χ0n) is 10.3. The van der Waals surface area contributed by atoms with Gasteiger partial charge in [-0.3, -0.25) is 14.7 Å². The molecule has 18 heavy (non-hydrogen) atoms. The Bertz CT molecular complexity index is 447. The average molecular weight is 245 g/mol. The van der Waals surface area contributed by atoms with Crippen LogP contribution in [0.5, 0.6) is 0 Å². The van der Waals surface area contributed by atoms with E-state index in [2.05, 4.69) is 20.9 Å². The van der Waals surface area contributed by atoms with Crippen molar-refractivity contribution in [3.8, 4) is 6.07 Å². The summed E-state index contributed by atoms with van der Waals surface area (Å²) < 4.78 is 0. The highest BCUT2D eigenvalue weighted by molar-refractivity contribution is 5.92. The van der Waals surface area contributed by atoms with Crippen molar-refractivity contribution >= 4 is 5.91 Å². The van der Waals surface area contributed by atoms with Crippen LogP contribution in [0.3, 0.4) is 0 Å². The van der Waals surface area contributed by atoms with Crippen LogP contribution >= 0.6 is 0 Å². The number of rotatable bonds is 2. The second-order valence-electron chi connectivity index (χ2n) is 4.22. The summed E-state index contributed by atoms with van der Waals surface area (Å²) in [5.41, 5.74) is 0.374. The summed E-state index contributed by atoms with van der Waals surface area (Å²) >= 11 is 0. The molecule has 0 bridgehead atoms. The van der Waals surface area contributed by atoms with Crippen molar-refractivity contribution in [1.29, 1.82) is 5.26 Å². The molecule has 0 aromatic carbocycles. The predicted molar refractivity (Wildman–Crippen MR) is 64.6 cm³/mol. The molecule has 1 unspecified atom stereocenters. The van der Waals surface area contributed by atoms with E-state index >= 15 is 0 Å². The van der Waals surface area contributed by atoms with Crippen molar-refractivity contribution in [2.75, 3.05) is 26.2 Å². The molecule has 0 spiro atoms. The number of carbonyl (C=O) groups is 1. The SMILES string of the molecule is CC(C#N)N1CCN(C(=O)c2cnccn2)CC1. The topological polar surface area (TPSA) is 73.1 Å². The highest BCUT2D eigenvalue weighted by atomic mass is 16.2. The highest BCUT2D eigenvalue weighted by Gasteiger charge is 2.25. The fraction of sp³-hybridized carbons (Fsp3) is 0.500. The van der Waals surface area contributed by atoms with Gasteiger partial charge in [0.15, 0.2) is 0 Å². The van der Waals surface area contributed by atoms with Gasteiger partial charge in [0.25, 0.3) is 5.91 Å². The summed E-state index contributed by atoms with van der Waals surface area (Å²) in [6.45, 7) is 4.57. The third-order valence-corrected chi connectivity index (χ3v) is 3.12. The van der Waals surface area contributed by atoms with Crippen LogP contribution in [-0.4, -0.2) is 57.9 Å². The van der Waals surface area contributed by atoms with Crippen LogP contribution in [0.2, 0.25) is 0 Å². The van der Waals surface area contributed by atoms with Gasteiger partial charge < -0.3 is 4.90 Å². The van der Waals surface area contributed by atoms with Crippen molar-refractivity contribution in [2.24, 2.45) is 0 Å². The predicted octanol–water partition coefficient (Wildman–Crippen LogP) is 0.146. The van der Waals surface area contributed by atoms with E-state index in [0.717, 1.165) is 13.1 Å². The maximum Gasteiger partial charge on any atom is 0.274 e. The maximum atomic E-state index is 12.1. The third-order valence-electron chi connectivity index (χ3n) is 3.12. The van der Waals surface area contributed by atoms with Crippen molar-refractivity contribution < 1.29 is 4.79 Å². The van der Waals surface area contributed by atoms with Gasteiger partial charge in [0.05, 0.1) is 18.3 Å². The average Bonchev–Trinajstić information content (AvgIpc) is 2.47. The molecule has 1 saturated heterocycles. The molecule has 1 atom stereocenters. The van der Waals surface area contributed by atoms with Crippen LogP contribution in [0, 0.1) is 11.3 Å². The van der Waals surface area contributed by atoms with Crippen LogP contribution < -0.4 is 0 Å². The molecule has 1 aromatic rings. The van der Waals surface area contributed by atoms with Gasteiger partial charge in [0.1, 0.15) is 5.69 Å². The van der Waals surface area contributed by atoms with Gasteiger partial charge in [-0.15, -0.1) is 0 Å². The Kier molecular flexibility index (Phi) is 3.85. The van der Waals surface area contributed by atoms with Crippen LogP contribution in [0.15, 0.2) is 18.6 Å². The molecule has 2 rings (SSSR count). The zero-order valence-corrected chi connectivity index (χ0v) is 10.3. The molecular weight excluding hydrogens is 230 g/mol. The fourth-order valence-corrected chi connectivity index (χ4v) is 1.97. The van der Waals surface area contributed by atoms with Crippen molar-refractivity contribution in [3.05, 3.63) is 24.3 Å². The first-order valence-corrected chi connectivity index (χ1v) is 5.91. The lowest BCUT2D eigenvalue weighted by Gasteiger charge is -2.35. The van der Waals surface area contributed by atoms with E-state index in [-0.39, 0.29) is 11.9 Å². The largest absolute Gasteiger partial charge is 0.335 e. The fourth-order valence-electron chi connectivity index (χ4n) is 1.97. The minimum Gasteiger partial charge on any atom is -0.335 e. The number of hydrogen-bond donors (Lipinski definition) is 0. The molecule has 1 amide bonds. The smallest absolute Gasteiger partial charge is 0.274 e. The first kappa shape index (κ1) is 12.5. The van der Waals surface area contributed by atoms with Crippen molar-refractivity contribution in [3.63, 3.8) is 0 Å². The normalized spacial score (nSPS) is 18.1. The van der Waals surface area contributed by atoms with Crippen LogP contribution in [-0.2, 0) is 0 Å². The summed E-state index contributed by atoms with van der Waals surface area (Å²) in [6.07, 6.45) is 4.54. The molecule has 6 heteroatoms. The molecule has 0 aliphatic carbocycles. The van der Waals surface area contributed by atoms with E-state index in [1.807, 2.05) is 6.92 Å². The van der Waals surface area contributed by atoms with Gasteiger partial charge in [-0.1, -0.05) is 0 Å². The van der Waals surface area contributed by atoms with E-state index in [9.17, 15) is 4.79 Å². The number of amides is 1. The summed E-state index contributed by atoms with van der Waals surface area (Å²) in [5, 5.41) is 8.85. The Balaban J connectivity index is 1.95. The molecule has 0 saturated carbocycles. The van der Waals surface area contributed by atoms with Crippen molar-refractivity contribution in [1.82, 2.24) is 19.8 Å². The van der Waals surface area contributed by atoms with Crippen molar-refractivity contribution in [2.45, 2.75) is 13.0 Å². The van der Waals surface area contributed by atoms with E-state index in [1.54, 1.807) is 11.1 Å². The number of aromatic nitrogens is 2. The molecule has 94 valence electrons. The Hall–Kier alpha value is -2.00. The molecular formula is C12H15N5O. The van der Waals surface area contributed by atoms with Gasteiger partial charge >= 0.3 is 0 Å². The van der Waals surface area contributed by atoms with Gasteiger partial charge in [0, 0.05) is 38.6 Å². The summed E-state index contributed by atoms with van der Waals surface area (Å²) in [6, 6.07) is 2.11. The minimum absolute atomic E-state index is 0.0904. The maximum absolute atomic E-state index is 12.1. The first-order valence-electron chi connectivity index (χ1n) is 5.91. The molecule has 1 aliphatic rings. The molecule has 0 N–H and O–H groups in total. The summed E-state index contributed by atoms with van der Waals surface area (Å²) in [5.74, 6) is -0.0904. The number of piperazine rings is 1. The second kappa shape index (κ2) is 5.56. The molecule has 1 aromatic heterocycles. The standard InChI is InChI=1S/C12H15N5O/c1-10(8-13)16-4-6-17(7-5-16)12(18)11-9-14-2-3-15-11/h2-3,9-10H,4-7H2,1H3. The Morgan fingerprint density at radius 3 is 2.67 bits per heavy atom. The number of nitriles is 1. The number of nitrogens with zero attached hydrogens (tertiary/aromatic N) is 5. The molecule has 1 fully saturated rings. The molecule has 2 heterocycles. The van der Waals surface area contributed by atoms with Gasteiger partial charge in [0.2, 0.25) is 0 Å². The Labute approximate surface area is 106 Å². The monoisotopic (exact) mass is 245 g/mol. The Morgan fingerprint density at radius 1 is 1.39 bits per heavy atom. The van der Waals surface area contributed by atoms with Crippen LogP contribution in [0.1, 0.15) is 17.4 Å². The number of hydrogen-bond acceptors (Lipinski definition) is 5. The zero-order chi connectivity index (χ0) is 13.0. The quantitative estimate of drug-likeness (QED) is 0.741. The van der Waals surface area contributed by atoms with E-state index in [4.69, 9.17) is 5.26 Å². The summed E-state index contributed by atoms with van der Waals surface area (Å²) in [7, 11) is 0. The molecule has 0 radical (unpaired) electrons. The Morgan fingerprint density at radius 2 is 2.11 bits per heavy atom. The van der Waals surface area contributed by atoms with E-state index in [0.29, 0.717) is 18.8 Å². The lowest BCUT2D eigenvalue weighted by atomic mass is 10.2. The van der Waals surface area contributed by atoms with E-state index < -0.39 is 0 Å². The minimum atomic E-state index is -0.0984. The van der Waals surface area contributed by atoms with Gasteiger partial charge in [-0.25, -0.2) is 4.98 Å². The number of carbonyl (C=O) groups excluding carboxylic acids is 1. The van der Waals surface area contributed by atoms with Crippen LogP contribution in [0.25, 0.3) is 0 Å². The third kappa shape index (κ3) is 2.63. The second-order valence-corrected chi connectivity index (χ2v) is 4.22. The van der Waals surface area contributed by atoms with E-state index in [1.165, 1.54) is 12.4 Å². The van der Waals surface area contributed by atoms with Gasteiger partial charge in [-0.05, 0) is 6.92 Å². The van der Waals surface area contributed by atoms with Crippen LogP contribution in [0.4, 0.5) is 0 Å².